The third-order valence-corrected chi connectivity index (χ3v) is 3.53. The summed E-state index contributed by atoms with van der Waals surface area (Å²) in [6, 6.07) is 5.89. The van der Waals surface area contributed by atoms with E-state index in [-0.39, 0.29) is 5.88 Å². The van der Waals surface area contributed by atoms with Crippen LogP contribution in [0.4, 0.5) is 10.3 Å². The minimum atomic E-state index is -0.558. The summed E-state index contributed by atoms with van der Waals surface area (Å²) in [5.41, 5.74) is 2.64. The van der Waals surface area contributed by atoms with E-state index in [9.17, 15) is 4.39 Å². The van der Waals surface area contributed by atoms with E-state index in [4.69, 9.17) is 4.74 Å². The molecule has 1 aliphatic rings. The van der Waals surface area contributed by atoms with Gasteiger partial charge < -0.3 is 10.1 Å². The number of halogens is 1. The first-order valence-electron chi connectivity index (χ1n) is 7.32. The second kappa shape index (κ2) is 6.08. The number of fused-ring (bicyclic) bond motifs is 1. The highest BCUT2D eigenvalue weighted by atomic mass is 19.1. The van der Waals surface area contributed by atoms with Crippen molar-refractivity contribution in [3.63, 3.8) is 0 Å². The second-order valence-corrected chi connectivity index (χ2v) is 5.16. The van der Waals surface area contributed by atoms with Gasteiger partial charge >= 0.3 is 0 Å². The lowest BCUT2D eigenvalue weighted by molar-refractivity contribution is 0.420. The summed E-state index contributed by atoms with van der Waals surface area (Å²) in [6.45, 7) is 2.78. The van der Waals surface area contributed by atoms with E-state index in [0.717, 1.165) is 32.0 Å². The van der Waals surface area contributed by atoms with Crippen molar-refractivity contribution in [1.82, 2.24) is 9.97 Å². The Morgan fingerprint density at radius 1 is 1.29 bits per heavy atom. The van der Waals surface area contributed by atoms with Crippen molar-refractivity contribution >= 4 is 5.95 Å². The molecule has 0 radical (unpaired) electrons. The lowest BCUT2D eigenvalue weighted by Crippen LogP contribution is -2.05. The molecule has 0 saturated heterocycles. The van der Waals surface area contributed by atoms with Gasteiger partial charge in [0.2, 0.25) is 11.8 Å². The van der Waals surface area contributed by atoms with Crippen LogP contribution in [0.15, 0.2) is 24.4 Å². The molecule has 0 spiro atoms. The summed E-state index contributed by atoms with van der Waals surface area (Å²) in [7, 11) is 0. The lowest BCUT2D eigenvalue weighted by Gasteiger charge is -2.09. The van der Waals surface area contributed by atoms with E-state index in [1.54, 1.807) is 0 Å². The Morgan fingerprint density at radius 2 is 2.14 bits per heavy atom. The summed E-state index contributed by atoms with van der Waals surface area (Å²) in [5, 5.41) is 3.02. The van der Waals surface area contributed by atoms with E-state index in [2.05, 4.69) is 15.3 Å². The molecule has 4 nitrogen and oxygen atoms in total. The zero-order valence-electron chi connectivity index (χ0n) is 12.0. The van der Waals surface area contributed by atoms with Crippen molar-refractivity contribution < 1.29 is 9.13 Å². The molecule has 0 fully saturated rings. The van der Waals surface area contributed by atoms with E-state index < -0.39 is 5.82 Å². The van der Waals surface area contributed by atoms with Crippen molar-refractivity contribution in [2.45, 2.75) is 32.6 Å². The molecule has 110 valence electrons. The zero-order valence-corrected chi connectivity index (χ0v) is 12.0. The van der Waals surface area contributed by atoms with Gasteiger partial charge in [-0.05, 0) is 48.9 Å². The highest BCUT2D eigenvalue weighted by Crippen LogP contribution is 2.29. The predicted molar refractivity (Wildman–Crippen MR) is 79.3 cm³/mol. The number of benzene rings is 1. The van der Waals surface area contributed by atoms with Crippen LogP contribution < -0.4 is 10.1 Å². The molecule has 0 aliphatic heterocycles. The minimum absolute atomic E-state index is 0.0402. The SMILES string of the molecule is CCCNc1ncc(F)c(Oc2ccc3c(c2)CCC3)n1. The van der Waals surface area contributed by atoms with Crippen LogP contribution in [0, 0.1) is 5.82 Å². The van der Waals surface area contributed by atoms with Crippen LogP contribution in [0.5, 0.6) is 11.6 Å². The Bertz CT molecular complexity index is 645. The van der Waals surface area contributed by atoms with Gasteiger partial charge in [-0.1, -0.05) is 13.0 Å². The number of hydrogen-bond donors (Lipinski definition) is 1. The number of aryl methyl sites for hydroxylation is 2. The summed E-state index contributed by atoms with van der Waals surface area (Å²) >= 11 is 0. The lowest BCUT2D eigenvalue weighted by atomic mass is 10.1. The summed E-state index contributed by atoms with van der Waals surface area (Å²) in [5.74, 6) is 0.406. The molecular formula is C16H18FN3O. The van der Waals surface area contributed by atoms with Crippen molar-refractivity contribution in [2.75, 3.05) is 11.9 Å². The standard InChI is InChI=1S/C16H18FN3O/c1-2-8-18-16-19-10-14(17)15(20-16)21-13-7-6-11-4-3-5-12(11)9-13/h6-7,9-10H,2-5,8H2,1H3,(H,18,19,20). The summed E-state index contributed by atoms with van der Waals surface area (Å²) < 4.78 is 19.4. The molecule has 1 aromatic carbocycles. The first-order chi connectivity index (χ1) is 10.3. The maximum absolute atomic E-state index is 13.8. The van der Waals surface area contributed by atoms with Gasteiger partial charge in [0, 0.05) is 6.54 Å². The van der Waals surface area contributed by atoms with Crippen LogP contribution in [-0.2, 0) is 12.8 Å². The fourth-order valence-corrected chi connectivity index (χ4v) is 2.47. The fourth-order valence-electron chi connectivity index (χ4n) is 2.47. The van der Waals surface area contributed by atoms with Crippen molar-refractivity contribution in [3.8, 4) is 11.6 Å². The first-order valence-corrected chi connectivity index (χ1v) is 7.32. The Hall–Kier alpha value is -2.17. The monoisotopic (exact) mass is 287 g/mol. The average molecular weight is 287 g/mol. The molecule has 0 atom stereocenters. The molecular weight excluding hydrogens is 269 g/mol. The van der Waals surface area contributed by atoms with E-state index in [1.807, 2.05) is 25.1 Å². The van der Waals surface area contributed by atoms with Gasteiger partial charge in [0.25, 0.3) is 5.88 Å². The number of rotatable bonds is 5. The van der Waals surface area contributed by atoms with Gasteiger partial charge in [-0.15, -0.1) is 0 Å². The van der Waals surface area contributed by atoms with Gasteiger partial charge in [0.1, 0.15) is 5.75 Å². The van der Waals surface area contributed by atoms with Crippen LogP contribution >= 0.6 is 0 Å². The number of aromatic nitrogens is 2. The number of nitrogens with one attached hydrogen (secondary N) is 1. The molecule has 0 unspecified atom stereocenters. The Balaban J connectivity index is 1.80. The smallest absolute Gasteiger partial charge is 0.260 e. The molecule has 2 aromatic rings. The number of ether oxygens (including phenoxy) is 1. The topological polar surface area (TPSA) is 47.0 Å². The Morgan fingerprint density at radius 3 is 3.00 bits per heavy atom. The maximum atomic E-state index is 13.8. The molecule has 0 saturated carbocycles. The number of anilines is 1. The molecule has 1 N–H and O–H groups in total. The average Bonchev–Trinajstić information content (AvgIpc) is 2.95. The van der Waals surface area contributed by atoms with Gasteiger partial charge in [0.15, 0.2) is 0 Å². The third kappa shape index (κ3) is 3.12. The van der Waals surface area contributed by atoms with Gasteiger partial charge in [-0.25, -0.2) is 4.98 Å². The molecule has 1 heterocycles. The number of nitrogens with zero attached hydrogens (tertiary/aromatic N) is 2. The van der Waals surface area contributed by atoms with Gasteiger partial charge in [-0.2, -0.15) is 9.37 Å². The summed E-state index contributed by atoms with van der Waals surface area (Å²) in [4.78, 5) is 7.98. The van der Waals surface area contributed by atoms with E-state index >= 15 is 0 Å². The molecule has 3 rings (SSSR count). The van der Waals surface area contributed by atoms with Crippen LogP contribution in [0.3, 0.4) is 0 Å². The fraction of sp³-hybridized carbons (Fsp3) is 0.375. The maximum Gasteiger partial charge on any atom is 0.260 e. The van der Waals surface area contributed by atoms with Gasteiger partial charge in [-0.3, -0.25) is 0 Å². The van der Waals surface area contributed by atoms with Crippen LogP contribution in [0.2, 0.25) is 0 Å². The van der Waals surface area contributed by atoms with Crippen LogP contribution in [0.25, 0.3) is 0 Å². The van der Waals surface area contributed by atoms with Crippen molar-refractivity contribution in [3.05, 3.63) is 41.3 Å². The van der Waals surface area contributed by atoms with Crippen LogP contribution in [-0.4, -0.2) is 16.5 Å². The highest BCUT2D eigenvalue weighted by Gasteiger charge is 2.14. The zero-order chi connectivity index (χ0) is 14.7. The molecule has 5 heteroatoms. The minimum Gasteiger partial charge on any atom is -0.436 e. The van der Waals surface area contributed by atoms with Gasteiger partial charge in [0.05, 0.1) is 6.20 Å². The van der Waals surface area contributed by atoms with Crippen LogP contribution in [0.1, 0.15) is 30.9 Å². The molecule has 1 aromatic heterocycles. The first kappa shape index (κ1) is 13.8. The van der Waals surface area contributed by atoms with E-state index in [0.29, 0.717) is 11.7 Å². The predicted octanol–water partition coefficient (Wildman–Crippen LogP) is 3.72. The Kier molecular flexibility index (Phi) is 3.99. The second-order valence-electron chi connectivity index (χ2n) is 5.16. The van der Waals surface area contributed by atoms with Crippen molar-refractivity contribution in [1.29, 1.82) is 0 Å². The normalized spacial score (nSPS) is 13.0. The molecule has 1 aliphatic carbocycles. The quantitative estimate of drug-likeness (QED) is 0.910. The summed E-state index contributed by atoms with van der Waals surface area (Å²) in [6.07, 6.45) is 5.42. The molecule has 21 heavy (non-hydrogen) atoms. The molecule has 0 bridgehead atoms. The largest absolute Gasteiger partial charge is 0.436 e. The molecule has 0 amide bonds. The van der Waals surface area contributed by atoms with Crippen molar-refractivity contribution in [2.24, 2.45) is 0 Å². The number of hydrogen-bond acceptors (Lipinski definition) is 4. The highest BCUT2D eigenvalue weighted by molar-refractivity contribution is 5.40. The third-order valence-electron chi connectivity index (χ3n) is 3.53. The van der Waals surface area contributed by atoms with E-state index in [1.165, 1.54) is 17.5 Å². The Labute approximate surface area is 123 Å².